The summed E-state index contributed by atoms with van der Waals surface area (Å²) in [6.45, 7) is 9.33. The Kier molecular flexibility index (Phi) is 2.78. The maximum atomic E-state index is 5.80. The lowest BCUT2D eigenvalue weighted by Gasteiger charge is -2.25. The normalized spacial score (nSPS) is 25.6. The van der Waals surface area contributed by atoms with Gasteiger partial charge in [0.1, 0.15) is 5.82 Å². The fourth-order valence-electron chi connectivity index (χ4n) is 2.17. The van der Waals surface area contributed by atoms with Crippen molar-refractivity contribution in [2.75, 3.05) is 6.54 Å². The fourth-order valence-corrected chi connectivity index (χ4v) is 2.17. The Morgan fingerprint density at radius 2 is 2.06 bits per heavy atom. The maximum absolute atomic E-state index is 5.80. The lowest BCUT2D eigenvalue weighted by atomic mass is 9.95. The lowest BCUT2D eigenvalue weighted by molar-refractivity contribution is 0.347. The van der Waals surface area contributed by atoms with E-state index in [-0.39, 0.29) is 5.41 Å². The minimum Gasteiger partial charge on any atom is -0.330 e. The summed E-state index contributed by atoms with van der Waals surface area (Å²) in [5.74, 6) is 2.42. The molecule has 0 fully saturated rings. The van der Waals surface area contributed by atoms with Crippen LogP contribution in [0.4, 0.5) is 0 Å². The third-order valence-electron chi connectivity index (χ3n) is 3.33. The first-order chi connectivity index (χ1) is 7.43. The predicted octanol–water partition coefficient (Wildman–Crippen LogP) is 1.97. The molecule has 0 saturated heterocycles. The van der Waals surface area contributed by atoms with E-state index in [1.54, 1.807) is 0 Å². The van der Waals surface area contributed by atoms with Crippen LogP contribution < -0.4 is 5.73 Å². The van der Waals surface area contributed by atoms with Gasteiger partial charge in [0.15, 0.2) is 5.82 Å². The van der Waals surface area contributed by atoms with E-state index in [1.165, 1.54) is 0 Å². The SMILES string of the molecule is CC1CCC(CN)c2nc(C(C)(C)C)nn21. The average molecular weight is 222 g/mol. The zero-order chi connectivity index (χ0) is 11.9. The molecule has 0 amide bonds. The van der Waals surface area contributed by atoms with Crippen molar-refractivity contribution in [3.05, 3.63) is 11.6 Å². The summed E-state index contributed by atoms with van der Waals surface area (Å²) in [6.07, 6.45) is 2.29. The van der Waals surface area contributed by atoms with Crippen molar-refractivity contribution >= 4 is 0 Å². The van der Waals surface area contributed by atoms with Crippen LogP contribution >= 0.6 is 0 Å². The second-order valence-corrected chi connectivity index (χ2v) is 5.85. The summed E-state index contributed by atoms with van der Waals surface area (Å²) in [5, 5.41) is 4.65. The molecule has 1 aromatic heterocycles. The molecule has 2 unspecified atom stereocenters. The van der Waals surface area contributed by atoms with Gasteiger partial charge in [-0.15, -0.1) is 0 Å². The number of nitrogens with zero attached hydrogens (tertiary/aromatic N) is 3. The summed E-state index contributed by atoms with van der Waals surface area (Å²) in [5.41, 5.74) is 5.82. The lowest BCUT2D eigenvalue weighted by Crippen LogP contribution is -2.25. The third kappa shape index (κ3) is 1.86. The van der Waals surface area contributed by atoms with Crippen molar-refractivity contribution in [2.24, 2.45) is 5.73 Å². The Hall–Kier alpha value is -0.900. The number of hydrogen-bond donors (Lipinski definition) is 1. The van der Waals surface area contributed by atoms with Crippen LogP contribution in [0.3, 0.4) is 0 Å². The topological polar surface area (TPSA) is 56.7 Å². The van der Waals surface area contributed by atoms with Crippen LogP contribution in [0.2, 0.25) is 0 Å². The van der Waals surface area contributed by atoms with Gasteiger partial charge in [0.2, 0.25) is 0 Å². The Morgan fingerprint density at radius 1 is 1.38 bits per heavy atom. The first-order valence-electron chi connectivity index (χ1n) is 6.10. The van der Waals surface area contributed by atoms with E-state index >= 15 is 0 Å². The summed E-state index contributed by atoms with van der Waals surface area (Å²) in [7, 11) is 0. The number of nitrogens with two attached hydrogens (primary N) is 1. The summed E-state index contributed by atoms with van der Waals surface area (Å²) >= 11 is 0. The molecule has 16 heavy (non-hydrogen) atoms. The van der Waals surface area contributed by atoms with Crippen molar-refractivity contribution in [3.8, 4) is 0 Å². The molecule has 2 atom stereocenters. The molecule has 0 saturated carbocycles. The molecule has 0 aromatic carbocycles. The van der Waals surface area contributed by atoms with Crippen LogP contribution in [-0.2, 0) is 5.41 Å². The molecule has 1 aliphatic heterocycles. The molecule has 2 rings (SSSR count). The number of rotatable bonds is 1. The molecule has 2 heterocycles. The van der Waals surface area contributed by atoms with E-state index in [1.807, 2.05) is 0 Å². The average Bonchev–Trinajstić information content (AvgIpc) is 2.63. The van der Waals surface area contributed by atoms with Gasteiger partial charge in [0.05, 0.1) is 6.04 Å². The van der Waals surface area contributed by atoms with Gasteiger partial charge in [-0.1, -0.05) is 20.8 Å². The minimum atomic E-state index is 0.0171. The number of aromatic nitrogens is 3. The first kappa shape index (κ1) is 11.6. The van der Waals surface area contributed by atoms with Gasteiger partial charge in [-0.2, -0.15) is 5.10 Å². The van der Waals surface area contributed by atoms with E-state index in [0.717, 1.165) is 24.5 Å². The van der Waals surface area contributed by atoms with Crippen LogP contribution in [0.5, 0.6) is 0 Å². The highest BCUT2D eigenvalue weighted by Gasteiger charge is 2.30. The van der Waals surface area contributed by atoms with Gasteiger partial charge >= 0.3 is 0 Å². The number of fused-ring (bicyclic) bond motifs is 1. The van der Waals surface area contributed by atoms with Crippen molar-refractivity contribution in [1.29, 1.82) is 0 Å². The van der Waals surface area contributed by atoms with Crippen molar-refractivity contribution < 1.29 is 0 Å². The Bertz CT molecular complexity index is 375. The molecule has 1 aromatic rings. The van der Waals surface area contributed by atoms with Crippen molar-refractivity contribution in [3.63, 3.8) is 0 Å². The fraction of sp³-hybridized carbons (Fsp3) is 0.833. The van der Waals surface area contributed by atoms with Crippen LogP contribution in [0.15, 0.2) is 0 Å². The Labute approximate surface area is 97.2 Å². The standard InChI is InChI=1S/C12H22N4/c1-8-5-6-9(7-13)10-14-11(12(2,3)4)15-16(8)10/h8-9H,5-7,13H2,1-4H3. The van der Waals surface area contributed by atoms with Crippen LogP contribution in [-0.4, -0.2) is 21.3 Å². The van der Waals surface area contributed by atoms with Crippen molar-refractivity contribution in [1.82, 2.24) is 14.8 Å². The third-order valence-corrected chi connectivity index (χ3v) is 3.33. The molecule has 4 heteroatoms. The Balaban J connectivity index is 2.43. The van der Waals surface area contributed by atoms with E-state index in [0.29, 0.717) is 18.5 Å². The van der Waals surface area contributed by atoms with Gasteiger partial charge in [-0.25, -0.2) is 9.67 Å². The van der Waals surface area contributed by atoms with E-state index < -0.39 is 0 Å². The highest BCUT2D eigenvalue weighted by Crippen LogP contribution is 2.32. The first-order valence-corrected chi connectivity index (χ1v) is 6.10. The molecule has 90 valence electrons. The number of hydrogen-bond acceptors (Lipinski definition) is 3. The van der Waals surface area contributed by atoms with Crippen molar-refractivity contribution in [2.45, 2.75) is 57.9 Å². The van der Waals surface area contributed by atoms with Gasteiger partial charge in [-0.3, -0.25) is 0 Å². The zero-order valence-corrected chi connectivity index (χ0v) is 10.7. The molecular weight excluding hydrogens is 200 g/mol. The summed E-state index contributed by atoms with van der Waals surface area (Å²) < 4.78 is 2.08. The van der Waals surface area contributed by atoms with Crippen LogP contribution in [0.1, 0.15) is 64.1 Å². The van der Waals surface area contributed by atoms with Gasteiger partial charge in [-0.05, 0) is 19.8 Å². The molecule has 2 N–H and O–H groups in total. The maximum Gasteiger partial charge on any atom is 0.156 e. The second kappa shape index (κ2) is 3.84. The highest BCUT2D eigenvalue weighted by atomic mass is 15.4. The summed E-state index contributed by atoms with van der Waals surface area (Å²) in [4.78, 5) is 4.70. The highest BCUT2D eigenvalue weighted by molar-refractivity contribution is 5.10. The molecule has 1 aliphatic rings. The van der Waals surface area contributed by atoms with E-state index in [4.69, 9.17) is 10.7 Å². The minimum absolute atomic E-state index is 0.0171. The molecule has 4 nitrogen and oxygen atoms in total. The van der Waals surface area contributed by atoms with Gasteiger partial charge < -0.3 is 5.73 Å². The monoisotopic (exact) mass is 222 g/mol. The van der Waals surface area contributed by atoms with Gasteiger partial charge in [0, 0.05) is 17.9 Å². The largest absolute Gasteiger partial charge is 0.330 e. The Morgan fingerprint density at radius 3 is 2.62 bits per heavy atom. The quantitative estimate of drug-likeness (QED) is 0.790. The molecule has 0 radical (unpaired) electrons. The molecular formula is C12H22N4. The smallest absolute Gasteiger partial charge is 0.156 e. The zero-order valence-electron chi connectivity index (χ0n) is 10.7. The van der Waals surface area contributed by atoms with E-state index in [9.17, 15) is 0 Å². The second-order valence-electron chi connectivity index (χ2n) is 5.85. The van der Waals surface area contributed by atoms with Gasteiger partial charge in [0.25, 0.3) is 0 Å². The van der Waals surface area contributed by atoms with Crippen LogP contribution in [0.25, 0.3) is 0 Å². The van der Waals surface area contributed by atoms with E-state index in [2.05, 4.69) is 37.5 Å². The van der Waals surface area contributed by atoms with Crippen LogP contribution in [0, 0.1) is 0 Å². The molecule has 0 aliphatic carbocycles. The molecule has 0 bridgehead atoms. The predicted molar refractivity (Wildman–Crippen MR) is 64.5 cm³/mol. The molecule has 0 spiro atoms. The summed E-state index contributed by atoms with van der Waals surface area (Å²) in [6, 6.07) is 0.460.